The first kappa shape index (κ1) is 16.7. The van der Waals surface area contributed by atoms with Crippen LogP contribution in [0.15, 0.2) is 24.3 Å². The SMILES string of the molecule is CCCCCNS(=O)(=O)Cc1ccc(C(=O)OC)cc1. The van der Waals surface area contributed by atoms with Crippen molar-refractivity contribution in [3.8, 4) is 0 Å². The van der Waals surface area contributed by atoms with E-state index in [-0.39, 0.29) is 5.75 Å². The van der Waals surface area contributed by atoms with Gasteiger partial charge < -0.3 is 4.74 Å². The maximum atomic E-state index is 11.8. The normalized spacial score (nSPS) is 11.3. The zero-order chi connectivity index (χ0) is 15.0. The Morgan fingerprint density at radius 3 is 2.40 bits per heavy atom. The van der Waals surface area contributed by atoms with Gasteiger partial charge in [-0.2, -0.15) is 0 Å². The molecule has 0 aromatic heterocycles. The van der Waals surface area contributed by atoms with Crippen molar-refractivity contribution < 1.29 is 17.9 Å². The van der Waals surface area contributed by atoms with Gasteiger partial charge in [0.2, 0.25) is 10.0 Å². The molecule has 0 saturated heterocycles. The summed E-state index contributed by atoms with van der Waals surface area (Å²) in [6.45, 7) is 2.54. The van der Waals surface area contributed by atoms with Crippen LogP contribution in [0.1, 0.15) is 42.1 Å². The molecule has 1 N–H and O–H groups in total. The highest BCUT2D eigenvalue weighted by atomic mass is 32.2. The summed E-state index contributed by atoms with van der Waals surface area (Å²) in [7, 11) is -2.01. The zero-order valence-electron chi connectivity index (χ0n) is 11.9. The lowest BCUT2D eigenvalue weighted by molar-refractivity contribution is 0.0600. The average molecular weight is 299 g/mol. The summed E-state index contributed by atoms with van der Waals surface area (Å²) in [6.07, 6.45) is 2.91. The molecule has 0 amide bonds. The summed E-state index contributed by atoms with van der Waals surface area (Å²) >= 11 is 0. The smallest absolute Gasteiger partial charge is 0.337 e. The Morgan fingerprint density at radius 2 is 1.85 bits per heavy atom. The molecule has 0 bridgehead atoms. The van der Waals surface area contributed by atoms with Crippen molar-refractivity contribution in [3.63, 3.8) is 0 Å². The third-order valence-corrected chi connectivity index (χ3v) is 4.19. The molecule has 112 valence electrons. The summed E-state index contributed by atoms with van der Waals surface area (Å²) < 4.78 is 30.8. The monoisotopic (exact) mass is 299 g/mol. The van der Waals surface area contributed by atoms with E-state index in [0.717, 1.165) is 19.3 Å². The predicted molar refractivity (Wildman–Crippen MR) is 77.9 cm³/mol. The van der Waals surface area contributed by atoms with Gasteiger partial charge in [0.15, 0.2) is 0 Å². The van der Waals surface area contributed by atoms with E-state index in [2.05, 4.69) is 16.4 Å². The molecule has 20 heavy (non-hydrogen) atoms. The van der Waals surface area contributed by atoms with Crippen molar-refractivity contribution in [2.45, 2.75) is 31.9 Å². The summed E-state index contributed by atoms with van der Waals surface area (Å²) in [6, 6.07) is 6.37. The van der Waals surface area contributed by atoms with Gasteiger partial charge in [-0.25, -0.2) is 17.9 Å². The van der Waals surface area contributed by atoms with Crippen molar-refractivity contribution in [1.29, 1.82) is 0 Å². The van der Waals surface area contributed by atoms with E-state index in [4.69, 9.17) is 0 Å². The van der Waals surface area contributed by atoms with Gasteiger partial charge in [0.1, 0.15) is 0 Å². The Bertz CT molecular complexity index is 523. The molecule has 0 saturated carbocycles. The van der Waals surface area contributed by atoms with Gasteiger partial charge in [-0.15, -0.1) is 0 Å². The van der Waals surface area contributed by atoms with E-state index in [1.54, 1.807) is 24.3 Å². The first-order chi connectivity index (χ1) is 9.48. The predicted octanol–water partition coefficient (Wildman–Crippen LogP) is 2.08. The fraction of sp³-hybridized carbons (Fsp3) is 0.500. The second-order valence-corrected chi connectivity index (χ2v) is 6.36. The van der Waals surface area contributed by atoms with Crippen LogP contribution >= 0.6 is 0 Å². The average Bonchev–Trinajstić information content (AvgIpc) is 2.43. The first-order valence-electron chi connectivity index (χ1n) is 6.63. The molecule has 1 rings (SSSR count). The number of unbranched alkanes of at least 4 members (excludes halogenated alkanes) is 2. The molecule has 0 aliphatic heterocycles. The maximum Gasteiger partial charge on any atom is 0.337 e. The molecule has 0 radical (unpaired) electrons. The van der Waals surface area contributed by atoms with E-state index < -0.39 is 16.0 Å². The van der Waals surface area contributed by atoms with Crippen LogP contribution in [-0.2, 0) is 20.5 Å². The number of sulfonamides is 1. The molecule has 1 aromatic carbocycles. The molecular formula is C14H21NO4S. The minimum atomic E-state index is -3.32. The number of benzene rings is 1. The van der Waals surface area contributed by atoms with E-state index in [9.17, 15) is 13.2 Å². The van der Waals surface area contributed by atoms with Gasteiger partial charge in [-0.1, -0.05) is 31.9 Å². The quantitative estimate of drug-likeness (QED) is 0.589. The molecule has 6 heteroatoms. The molecule has 0 spiro atoms. The van der Waals surface area contributed by atoms with Crippen molar-refractivity contribution in [2.75, 3.05) is 13.7 Å². The molecule has 0 aliphatic rings. The summed E-state index contributed by atoms with van der Waals surface area (Å²) in [5.74, 6) is -0.516. The van der Waals surface area contributed by atoms with Crippen LogP contribution in [0, 0.1) is 0 Å². The van der Waals surface area contributed by atoms with E-state index >= 15 is 0 Å². The Hall–Kier alpha value is -1.40. The highest BCUT2D eigenvalue weighted by Gasteiger charge is 2.11. The van der Waals surface area contributed by atoms with Gasteiger partial charge in [-0.05, 0) is 24.1 Å². The van der Waals surface area contributed by atoms with Crippen LogP contribution in [0.2, 0.25) is 0 Å². The maximum absolute atomic E-state index is 11.8. The van der Waals surface area contributed by atoms with Gasteiger partial charge >= 0.3 is 5.97 Å². The van der Waals surface area contributed by atoms with Crippen molar-refractivity contribution >= 4 is 16.0 Å². The summed E-state index contributed by atoms with van der Waals surface area (Å²) in [4.78, 5) is 11.3. The first-order valence-corrected chi connectivity index (χ1v) is 8.28. The Labute approximate surface area is 120 Å². The number of hydrogen-bond acceptors (Lipinski definition) is 4. The molecule has 0 unspecified atom stereocenters. The van der Waals surface area contributed by atoms with E-state index in [1.165, 1.54) is 7.11 Å². The van der Waals surface area contributed by atoms with Crippen molar-refractivity contribution in [2.24, 2.45) is 0 Å². The fourth-order valence-electron chi connectivity index (χ4n) is 1.73. The molecular weight excluding hydrogens is 278 g/mol. The number of methoxy groups -OCH3 is 1. The van der Waals surface area contributed by atoms with Crippen LogP contribution in [0.5, 0.6) is 0 Å². The number of ether oxygens (including phenoxy) is 1. The fourth-order valence-corrected chi connectivity index (χ4v) is 2.92. The molecule has 1 aromatic rings. The van der Waals surface area contributed by atoms with Crippen LogP contribution < -0.4 is 4.72 Å². The lowest BCUT2D eigenvalue weighted by atomic mass is 10.1. The van der Waals surface area contributed by atoms with Gasteiger partial charge in [0.05, 0.1) is 18.4 Å². The third-order valence-electron chi connectivity index (χ3n) is 2.83. The minimum Gasteiger partial charge on any atom is -0.465 e. The molecule has 5 nitrogen and oxygen atoms in total. The molecule has 0 aliphatic carbocycles. The van der Waals surface area contributed by atoms with Crippen LogP contribution in [0.25, 0.3) is 0 Å². The van der Waals surface area contributed by atoms with Crippen LogP contribution in [0.4, 0.5) is 0 Å². The summed E-state index contributed by atoms with van der Waals surface area (Å²) in [5, 5.41) is 0. The lowest BCUT2D eigenvalue weighted by Gasteiger charge is -2.07. The highest BCUT2D eigenvalue weighted by Crippen LogP contribution is 2.09. The Balaban J connectivity index is 2.57. The summed E-state index contributed by atoms with van der Waals surface area (Å²) in [5.41, 5.74) is 1.05. The van der Waals surface area contributed by atoms with Crippen LogP contribution in [-0.4, -0.2) is 28.0 Å². The number of nitrogens with one attached hydrogen (secondary N) is 1. The number of carbonyl (C=O) groups is 1. The third kappa shape index (κ3) is 5.71. The number of rotatable bonds is 8. The molecule has 0 atom stereocenters. The van der Waals surface area contributed by atoms with Crippen LogP contribution in [0.3, 0.4) is 0 Å². The number of carbonyl (C=O) groups excluding carboxylic acids is 1. The van der Waals surface area contributed by atoms with Gasteiger partial charge in [-0.3, -0.25) is 0 Å². The van der Waals surface area contributed by atoms with Gasteiger partial charge in [0.25, 0.3) is 0 Å². The second-order valence-electron chi connectivity index (χ2n) is 4.55. The lowest BCUT2D eigenvalue weighted by Crippen LogP contribution is -2.26. The van der Waals surface area contributed by atoms with Crippen molar-refractivity contribution in [1.82, 2.24) is 4.72 Å². The number of esters is 1. The standard InChI is InChI=1S/C14H21NO4S/c1-3-4-5-10-15-20(17,18)11-12-6-8-13(9-7-12)14(16)19-2/h6-9,15H,3-5,10-11H2,1-2H3. The van der Waals surface area contributed by atoms with E-state index in [1.807, 2.05) is 0 Å². The topological polar surface area (TPSA) is 72.5 Å². The zero-order valence-corrected chi connectivity index (χ0v) is 12.7. The Morgan fingerprint density at radius 1 is 1.20 bits per heavy atom. The second kappa shape index (κ2) is 8.01. The minimum absolute atomic E-state index is 0.0828. The Kier molecular flexibility index (Phi) is 6.67. The molecule has 0 fully saturated rings. The largest absolute Gasteiger partial charge is 0.465 e. The number of hydrogen-bond donors (Lipinski definition) is 1. The molecule has 0 heterocycles. The highest BCUT2D eigenvalue weighted by molar-refractivity contribution is 7.88. The van der Waals surface area contributed by atoms with Gasteiger partial charge in [0, 0.05) is 6.54 Å². The van der Waals surface area contributed by atoms with Crippen molar-refractivity contribution in [3.05, 3.63) is 35.4 Å². The van der Waals surface area contributed by atoms with E-state index in [0.29, 0.717) is 17.7 Å².